The third-order valence-corrected chi connectivity index (χ3v) is 6.79. The van der Waals surface area contributed by atoms with Gasteiger partial charge in [0.05, 0.1) is 22.1 Å². The molecule has 29 heavy (non-hydrogen) atoms. The third-order valence-electron chi connectivity index (χ3n) is 5.62. The Balaban J connectivity index is 1.69. The number of nitro benzene ring substituents is 1. The largest absolute Gasteiger partial charge is 0.454 e. The van der Waals surface area contributed by atoms with Gasteiger partial charge in [0.15, 0.2) is 11.5 Å². The van der Waals surface area contributed by atoms with Gasteiger partial charge in [-0.2, -0.15) is 5.26 Å². The second-order valence-electron chi connectivity index (χ2n) is 8.38. The van der Waals surface area contributed by atoms with Crippen molar-refractivity contribution in [2.75, 3.05) is 6.79 Å². The van der Waals surface area contributed by atoms with E-state index in [0.29, 0.717) is 33.5 Å². The second kappa shape index (κ2) is 7.16. The van der Waals surface area contributed by atoms with E-state index in [9.17, 15) is 15.4 Å². The van der Waals surface area contributed by atoms with Crippen LogP contribution in [0, 0.1) is 32.8 Å². The van der Waals surface area contributed by atoms with Gasteiger partial charge in [-0.3, -0.25) is 10.1 Å². The summed E-state index contributed by atoms with van der Waals surface area (Å²) >= 11 is 1.52. The fourth-order valence-electron chi connectivity index (χ4n) is 3.85. The molecule has 150 valence electrons. The summed E-state index contributed by atoms with van der Waals surface area (Å²) < 4.78 is 10.5. The minimum atomic E-state index is -0.470. The van der Waals surface area contributed by atoms with E-state index in [2.05, 4.69) is 31.8 Å². The number of nitrogens with zero attached hydrogens (tertiary/aromatic N) is 3. The first-order chi connectivity index (χ1) is 13.8. The SMILES string of the molecule is CC(C)(C)[C@@H]1CCc2c(sc(N=Cc3cc4c(cc3[N+](=O)[O-])OCO4)c2C#N)C1. The van der Waals surface area contributed by atoms with E-state index >= 15 is 0 Å². The average Bonchev–Trinajstić information content (AvgIpc) is 3.27. The molecule has 0 fully saturated rings. The van der Waals surface area contributed by atoms with Crippen LogP contribution in [-0.4, -0.2) is 17.9 Å². The molecule has 2 aliphatic rings. The van der Waals surface area contributed by atoms with Crippen LogP contribution in [0.15, 0.2) is 17.1 Å². The molecule has 0 saturated heterocycles. The van der Waals surface area contributed by atoms with Crippen LogP contribution >= 0.6 is 11.3 Å². The van der Waals surface area contributed by atoms with E-state index < -0.39 is 4.92 Å². The lowest BCUT2D eigenvalue weighted by atomic mass is 9.72. The van der Waals surface area contributed by atoms with Gasteiger partial charge in [-0.1, -0.05) is 20.8 Å². The fourth-order valence-corrected chi connectivity index (χ4v) is 5.08. The Morgan fingerprint density at radius 1 is 1.34 bits per heavy atom. The number of benzene rings is 1. The van der Waals surface area contributed by atoms with Gasteiger partial charge in [0, 0.05) is 11.1 Å². The molecule has 4 rings (SSSR count). The maximum Gasteiger partial charge on any atom is 0.282 e. The highest BCUT2D eigenvalue weighted by atomic mass is 32.1. The summed E-state index contributed by atoms with van der Waals surface area (Å²) in [6.07, 6.45) is 4.31. The summed E-state index contributed by atoms with van der Waals surface area (Å²) in [4.78, 5) is 16.7. The minimum Gasteiger partial charge on any atom is -0.454 e. The van der Waals surface area contributed by atoms with Gasteiger partial charge in [0.2, 0.25) is 6.79 Å². The predicted molar refractivity (Wildman–Crippen MR) is 110 cm³/mol. The second-order valence-corrected chi connectivity index (χ2v) is 9.46. The van der Waals surface area contributed by atoms with Crippen LogP contribution in [-0.2, 0) is 12.8 Å². The number of ether oxygens (including phenoxy) is 2. The molecule has 1 atom stereocenters. The summed E-state index contributed by atoms with van der Waals surface area (Å²) in [5.74, 6) is 1.37. The smallest absolute Gasteiger partial charge is 0.282 e. The van der Waals surface area contributed by atoms with Crippen LogP contribution in [0.3, 0.4) is 0 Å². The van der Waals surface area contributed by atoms with Crippen molar-refractivity contribution in [3.63, 3.8) is 0 Å². The molecule has 1 aromatic carbocycles. The Hall–Kier alpha value is -2.92. The van der Waals surface area contributed by atoms with Crippen molar-refractivity contribution < 1.29 is 14.4 Å². The van der Waals surface area contributed by atoms with Crippen LogP contribution in [0.2, 0.25) is 0 Å². The lowest BCUT2D eigenvalue weighted by Gasteiger charge is -2.33. The lowest BCUT2D eigenvalue weighted by Crippen LogP contribution is -2.26. The zero-order valence-electron chi connectivity index (χ0n) is 16.5. The van der Waals surface area contributed by atoms with E-state index in [1.165, 1.54) is 28.5 Å². The molecule has 1 aliphatic carbocycles. The highest BCUT2D eigenvalue weighted by Crippen LogP contribution is 2.45. The average molecular weight is 411 g/mol. The number of fused-ring (bicyclic) bond motifs is 2. The number of thiophene rings is 1. The molecular formula is C21H21N3O4S. The van der Waals surface area contributed by atoms with E-state index in [-0.39, 0.29) is 17.9 Å². The number of nitro groups is 1. The first-order valence-corrected chi connectivity index (χ1v) is 10.3. The summed E-state index contributed by atoms with van der Waals surface area (Å²) in [6.45, 7) is 6.79. The Morgan fingerprint density at radius 3 is 2.72 bits per heavy atom. The normalized spacial score (nSPS) is 17.9. The van der Waals surface area contributed by atoms with E-state index in [0.717, 1.165) is 24.8 Å². The van der Waals surface area contributed by atoms with Gasteiger partial charge in [0.25, 0.3) is 5.69 Å². The molecule has 1 aliphatic heterocycles. The van der Waals surface area contributed by atoms with Crippen LogP contribution in [0.4, 0.5) is 10.7 Å². The molecule has 2 heterocycles. The van der Waals surface area contributed by atoms with Crippen LogP contribution in [0.1, 0.15) is 48.8 Å². The molecule has 0 unspecified atom stereocenters. The highest BCUT2D eigenvalue weighted by Gasteiger charge is 2.32. The Kier molecular flexibility index (Phi) is 4.79. The maximum absolute atomic E-state index is 11.4. The molecule has 8 heteroatoms. The monoisotopic (exact) mass is 411 g/mol. The first kappa shape index (κ1) is 19.4. The van der Waals surface area contributed by atoms with Crippen molar-refractivity contribution in [1.82, 2.24) is 0 Å². The van der Waals surface area contributed by atoms with Crippen LogP contribution in [0.5, 0.6) is 11.5 Å². The summed E-state index contributed by atoms with van der Waals surface area (Å²) in [5.41, 5.74) is 2.11. The molecule has 7 nitrogen and oxygen atoms in total. The van der Waals surface area contributed by atoms with Gasteiger partial charge in [0.1, 0.15) is 11.1 Å². The fraction of sp³-hybridized carbons (Fsp3) is 0.429. The summed E-state index contributed by atoms with van der Waals surface area (Å²) in [6, 6.07) is 5.19. The predicted octanol–water partition coefficient (Wildman–Crippen LogP) is 5.16. The van der Waals surface area contributed by atoms with E-state index in [1.807, 2.05) is 0 Å². The number of hydrogen-bond acceptors (Lipinski definition) is 7. The Labute approximate surface area is 172 Å². The van der Waals surface area contributed by atoms with Gasteiger partial charge in [-0.05, 0) is 42.2 Å². The number of aliphatic imine (C=N–C) groups is 1. The molecule has 0 saturated carbocycles. The van der Waals surface area contributed by atoms with Crippen LogP contribution < -0.4 is 9.47 Å². The molecule has 0 bridgehead atoms. The zero-order valence-corrected chi connectivity index (χ0v) is 17.3. The minimum absolute atomic E-state index is 0.0399. The molecular weight excluding hydrogens is 390 g/mol. The molecule has 1 aromatic heterocycles. The van der Waals surface area contributed by atoms with Crippen molar-refractivity contribution in [1.29, 1.82) is 5.26 Å². The third kappa shape index (κ3) is 3.58. The van der Waals surface area contributed by atoms with Crippen molar-refractivity contribution in [3.8, 4) is 17.6 Å². The van der Waals surface area contributed by atoms with Gasteiger partial charge >= 0.3 is 0 Å². The van der Waals surface area contributed by atoms with Crippen LogP contribution in [0.25, 0.3) is 0 Å². The van der Waals surface area contributed by atoms with Crippen molar-refractivity contribution in [2.24, 2.45) is 16.3 Å². The summed E-state index contributed by atoms with van der Waals surface area (Å²) in [7, 11) is 0. The van der Waals surface area contributed by atoms with E-state index in [1.54, 1.807) is 6.07 Å². The zero-order chi connectivity index (χ0) is 20.8. The van der Waals surface area contributed by atoms with E-state index in [4.69, 9.17) is 9.47 Å². The Morgan fingerprint density at radius 2 is 2.07 bits per heavy atom. The van der Waals surface area contributed by atoms with Crippen molar-refractivity contribution >= 4 is 28.2 Å². The molecule has 0 amide bonds. The number of hydrogen-bond donors (Lipinski definition) is 0. The quantitative estimate of drug-likeness (QED) is 0.395. The van der Waals surface area contributed by atoms with Gasteiger partial charge in [-0.15, -0.1) is 11.3 Å². The molecule has 0 N–H and O–H groups in total. The van der Waals surface area contributed by atoms with Crippen molar-refractivity contribution in [2.45, 2.75) is 40.0 Å². The first-order valence-electron chi connectivity index (χ1n) is 9.44. The van der Waals surface area contributed by atoms with Gasteiger partial charge in [-0.25, -0.2) is 4.99 Å². The Bertz CT molecular complexity index is 1060. The topological polar surface area (TPSA) is 97.8 Å². The summed E-state index contributed by atoms with van der Waals surface area (Å²) in [5, 5.41) is 21.7. The lowest BCUT2D eigenvalue weighted by molar-refractivity contribution is -0.385. The maximum atomic E-state index is 11.4. The van der Waals surface area contributed by atoms with Crippen molar-refractivity contribution in [3.05, 3.63) is 43.8 Å². The molecule has 0 spiro atoms. The highest BCUT2D eigenvalue weighted by molar-refractivity contribution is 7.16. The standard InChI is InChI=1S/C21H21N3O4S/c1-21(2,3)13-4-5-14-15(9-22)20(29-19(14)7-13)23-10-12-6-17-18(28-11-27-17)8-16(12)24(25)26/h6,8,10,13H,4-5,7,11H2,1-3H3/t13-/m1/s1. The molecule has 2 aromatic rings. The molecule has 0 radical (unpaired) electrons. The van der Waals surface area contributed by atoms with Gasteiger partial charge < -0.3 is 9.47 Å². The number of nitriles is 1. The number of rotatable bonds is 3.